The lowest BCUT2D eigenvalue weighted by Gasteiger charge is -2.34. The van der Waals surface area contributed by atoms with Gasteiger partial charge in [0.1, 0.15) is 17.8 Å². The molecule has 2 atom stereocenters. The maximum atomic E-state index is 12.8. The summed E-state index contributed by atoms with van der Waals surface area (Å²) >= 11 is 0. The minimum Gasteiger partial charge on any atom is -0.497 e. The highest BCUT2D eigenvalue weighted by molar-refractivity contribution is 5.85. The van der Waals surface area contributed by atoms with Gasteiger partial charge in [-0.3, -0.25) is 4.79 Å². The number of urea groups is 1. The number of carbonyl (C=O) groups is 2. The summed E-state index contributed by atoms with van der Waals surface area (Å²) in [6.07, 6.45) is 5.10. The van der Waals surface area contributed by atoms with E-state index in [1.54, 1.807) is 7.11 Å². The number of ether oxygens (including phenoxy) is 2. The van der Waals surface area contributed by atoms with Crippen LogP contribution in [0.2, 0.25) is 0 Å². The number of rotatable bonds is 4. The molecular formula is C19H24N2O4. The van der Waals surface area contributed by atoms with Crippen molar-refractivity contribution < 1.29 is 19.1 Å². The zero-order chi connectivity index (χ0) is 17.8. The maximum Gasteiger partial charge on any atom is 0.319 e. The Hall–Kier alpha value is -2.50. The number of hydrogen-bond acceptors (Lipinski definition) is 4. The molecule has 6 heteroatoms. The second-order valence-corrected chi connectivity index (χ2v) is 6.55. The Morgan fingerprint density at radius 1 is 1.24 bits per heavy atom. The Kier molecular flexibility index (Phi) is 5.26. The first-order chi connectivity index (χ1) is 12.1. The quantitative estimate of drug-likeness (QED) is 0.823. The minimum absolute atomic E-state index is 0.0439. The van der Waals surface area contributed by atoms with E-state index in [4.69, 9.17) is 9.47 Å². The minimum atomic E-state index is -0.674. The van der Waals surface area contributed by atoms with E-state index in [2.05, 4.69) is 17.2 Å². The molecule has 1 aromatic rings. The number of esters is 1. The van der Waals surface area contributed by atoms with E-state index in [0.29, 0.717) is 11.4 Å². The lowest BCUT2D eigenvalue weighted by molar-refractivity contribution is -0.155. The number of amides is 2. The normalized spacial score (nSPS) is 24.2. The van der Waals surface area contributed by atoms with Crippen LogP contribution < -0.4 is 15.4 Å². The van der Waals surface area contributed by atoms with Gasteiger partial charge in [0.2, 0.25) is 0 Å². The van der Waals surface area contributed by atoms with Crippen molar-refractivity contribution >= 4 is 12.0 Å². The SMILES string of the molecule is C=C1NC(=O)NC(c2cccc(OC)c2)C1C(=O)OC1CCCCC1. The molecule has 2 unspecified atom stereocenters. The van der Waals surface area contributed by atoms with Gasteiger partial charge >= 0.3 is 12.0 Å². The Labute approximate surface area is 147 Å². The summed E-state index contributed by atoms with van der Waals surface area (Å²) in [6.45, 7) is 3.87. The van der Waals surface area contributed by atoms with Gasteiger partial charge in [-0.2, -0.15) is 0 Å². The summed E-state index contributed by atoms with van der Waals surface area (Å²) in [5.74, 6) is -0.362. The highest BCUT2D eigenvalue weighted by Gasteiger charge is 2.40. The van der Waals surface area contributed by atoms with Crippen LogP contribution >= 0.6 is 0 Å². The molecule has 0 spiro atoms. The summed E-state index contributed by atoms with van der Waals surface area (Å²) < 4.78 is 11.0. The Balaban J connectivity index is 1.82. The Morgan fingerprint density at radius 2 is 2.00 bits per heavy atom. The second-order valence-electron chi connectivity index (χ2n) is 6.55. The largest absolute Gasteiger partial charge is 0.497 e. The van der Waals surface area contributed by atoms with Crippen LogP contribution in [0.1, 0.15) is 43.7 Å². The van der Waals surface area contributed by atoms with Gasteiger partial charge in [0.15, 0.2) is 0 Å². The standard InChI is InChI=1S/C19H24N2O4/c1-12-16(18(22)25-14-8-4-3-5-9-14)17(21-19(23)20-12)13-7-6-10-15(11-13)24-2/h6-7,10-11,14,16-17H,1,3-5,8-9H2,2H3,(H2,20,21,23). The zero-order valence-corrected chi connectivity index (χ0v) is 14.4. The molecule has 1 heterocycles. The van der Waals surface area contributed by atoms with Crippen molar-refractivity contribution in [2.45, 2.75) is 44.2 Å². The molecule has 0 bridgehead atoms. The van der Waals surface area contributed by atoms with Crippen molar-refractivity contribution in [1.82, 2.24) is 10.6 Å². The second kappa shape index (κ2) is 7.59. The number of nitrogens with one attached hydrogen (secondary N) is 2. The molecule has 1 saturated carbocycles. The molecule has 1 aliphatic carbocycles. The van der Waals surface area contributed by atoms with Crippen LogP contribution in [0.25, 0.3) is 0 Å². The van der Waals surface area contributed by atoms with Crippen molar-refractivity contribution in [3.63, 3.8) is 0 Å². The molecule has 25 heavy (non-hydrogen) atoms. The van der Waals surface area contributed by atoms with Crippen LogP contribution in [0.5, 0.6) is 5.75 Å². The first kappa shape index (κ1) is 17.3. The number of carbonyl (C=O) groups excluding carboxylic acids is 2. The molecule has 0 aromatic heterocycles. The maximum absolute atomic E-state index is 12.8. The topological polar surface area (TPSA) is 76.7 Å². The van der Waals surface area contributed by atoms with Gasteiger partial charge in [-0.25, -0.2) is 4.79 Å². The van der Waals surface area contributed by atoms with E-state index < -0.39 is 12.0 Å². The molecule has 1 saturated heterocycles. The fourth-order valence-electron chi connectivity index (χ4n) is 3.50. The highest BCUT2D eigenvalue weighted by Crippen LogP contribution is 2.33. The summed E-state index contributed by atoms with van der Waals surface area (Å²) in [5, 5.41) is 5.41. The van der Waals surface area contributed by atoms with Crippen LogP contribution in [0.3, 0.4) is 0 Å². The molecule has 1 aliphatic heterocycles. The van der Waals surface area contributed by atoms with Crippen LogP contribution in [-0.2, 0) is 9.53 Å². The monoisotopic (exact) mass is 344 g/mol. The summed E-state index contributed by atoms with van der Waals surface area (Å²) in [7, 11) is 1.58. The predicted molar refractivity (Wildman–Crippen MR) is 93.0 cm³/mol. The smallest absolute Gasteiger partial charge is 0.319 e. The van der Waals surface area contributed by atoms with Crippen molar-refractivity contribution in [2.75, 3.05) is 7.11 Å². The van der Waals surface area contributed by atoms with Crippen molar-refractivity contribution in [2.24, 2.45) is 5.92 Å². The summed E-state index contributed by atoms with van der Waals surface area (Å²) in [6, 6.07) is 6.40. The number of benzene rings is 1. The van der Waals surface area contributed by atoms with Crippen molar-refractivity contribution in [3.8, 4) is 5.75 Å². The fraction of sp³-hybridized carbons (Fsp3) is 0.474. The van der Waals surface area contributed by atoms with E-state index in [1.165, 1.54) is 6.42 Å². The van der Waals surface area contributed by atoms with Gasteiger partial charge in [-0.05, 0) is 43.4 Å². The summed E-state index contributed by atoms with van der Waals surface area (Å²) in [5.41, 5.74) is 1.14. The third-order valence-electron chi connectivity index (χ3n) is 4.81. The zero-order valence-electron chi connectivity index (χ0n) is 14.4. The molecule has 1 aromatic carbocycles. The third-order valence-corrected chi connectivity index (χ3v) is 4.81. The first-order valence-corrected chi connectivity index (χ1v) is 8.69. The molecule has 2 amide bonds. The summed E-state index contributed by atoms with van der Waals surface area (Å²) in [4.78, 5) is 24.7. The molecule has 6 nitrogen and oxygen atoms in total. The van der Waals surface area contributed by atoms with Gasteiger partial charge in [0.05, 0.1) is 13.2 Å². The van der Waals surface area contributed by atoms with E-state index in [1.807, 2.05) is 24.3 Å². The number of hydrogen-bond donors (Lipinski definition) is 2. The van der Waals surface area contributed by atoms with Crippen molar-refractivity contribution in [3.05, 3.63) is 42.1 Å². The fourth-order valence-corrected chi connectivity index (χ4v) is 3.50. The van der Waals surface area contributed by atoms with Gasteiger partial charge in [-0.15, -0.1) is 0 Å². The molecule has 2 aliphatic rings. The average molecular weight is 344 g/mol. The van der Waals surface area contributed by atoms with Crippen LogP contribution in [0, 0.1) is 5.92 Å². The molecule has 0 radical (unpaired) electrons. The lowest BCUT2D eigenvalue weighted by atomic mass is 9.88. The van der Waals surface area contributed by atoms with Gasteiger partial charge in [-0.1, -0.05) is 25.1 Å². The van der Waals surface area contributed by atoms with E-state index >= 15 is 0 Å². The molecule has 2 fully saturated rings. The third kappa shape index (κ3) is 3.95. The molecule has 2 N–H and O–H groups in total. The lowest BCUT2D eigenvalue weighted by Crippen LogP contribution is -2.51. The molecule has 3 rings (SSSR count). The van der Waals surface area contributed by atoms with Gasteiger partial charge in [0.25, 0.3) is 0 Å². The van der Waals surface area contributed by atoms with E-state index in [9.17, 15) is 9.59 Å². The van der Waals surface area contributed by atoms with Crippen LogP contribution in [0.15, 0.2) is 36.5 Å². The average Bonchev–Trinajstić information content (AvgIpc) is 2.61. The highest BCUT2D eigenvalue weighted by atomic mass is 16.5. The number of methoxy groups -OCH3 is 1. The molecular weight excluding hydrogens is 320 g/mol. The van der Waals surface area contributed by atoms with Crippen LogP contribution in [-0.4, -0.2) is 25.2 Å². The van der Waals surface area contributed by atoms with E-state index in [-0.39, 0.29) is 18.1 Å². The van der Waals surface area contributed by atoms with E-state index in [0.717, 1.165) is 31.2 Å². The Morgan fingerprint density at radius 3 is 2.72 bits per heavy atom. The Bertz CT molecular complexity index is 667. The van der Waals surface area contributed by atoms with Crippen molar-refractivity contribution in [1.29, 1.82) is 0 Å². The first-order valence-electron chi connectivity index (χ1n) is 8.69. The van der Waals surface area contributed by atoms with Gasteiger partial charge < -0.3 is 20.1 Å². The molecule has 134 valence electrons. The van der Waals surface area contributed by atoms with Gasteiger partial charge in [0, 0.05) is 5.70 Å². The predicted octanol–water partition coefficient (Wildman–Crippen LogP) is 3.05. The van der Waals surface area contributed by atoms with Crippen LogP contribution in [0.4, 0.5) is 4.79 Å².